The van der Waals surface area contributed by atoms with Gasteiger partial charge in [-0.15, -0.1) is 0 Å². The van der Waals surface area contributed by atoms with Crippen LogP contribution in [0.4, 0.5) is 13.2 Å². The summed E-state index contributed by atoms with van der Waals surface area (Å²) in [6.45, 7) is 1.21. The van der Waals surface area contributed by atoms with E-state index >= 15 is 0 Å². The summed E-state index contributed by atoms with van der Waals surface area (Å²) >= 11 is 0. The van der Waals surface area contributed by atoms with E-state index in [-0.39, 0.29) is 18.9 Å². The van der Waals surface area contributed by atoms with E-state index in [0.29, 0.717) is 32.5 Å². The lowest BCUT2D eigenvalue weighted by atomic mass is 10.1. The molecule has 20 heavy (non-hydrogen) atoms. The fourth-order valence-electron chi connectivity index (χ4n) is 2.31. The van der Waals surface area contributed by atoms with Gasteiger partial charge in [-0.1, -0.05) is 0 Å². The van der Waals surface area contributed by atoms with Gasteiger partial charge in [0.1, 0.15) is 0 Å². The highest BCUT2D eigenvalue weighted by atomic mass is 19.4. The Morgan fingerprint density at radius 3 is 2.85 bits per heavy atom. The zero-order valence-corrected chi connectivity index (χ0v) is 11.4. The number of hydrogen-bond acceptors (Lipinski definition) is 4. The van der Waals surface area contributed by atoms with Crippen LogP contribution in [-0.2, 0) is 9.53 Å². The monoisotopic (exact) mass is 298 g/mol. The maximum absolute atomic E-state index is 12.5. The molecule has 2 atom stereocenters. The van der Waals surface area contributed by atoms with Crippen molar-refractivity contribution in [2.75, 3.05) is 33.4 Å². The highest BCUT2D eigenvalue weighted by Crippen LogP contribution is 2.30. The van der Waals surface area contributed by atoms with Crippen molar-refractivity contribution >= 4 is 5.91 Å². The van der Waals surface area contributed by atoms with Crippen LogP contribution in [0.25, 0.3) is 0 Å². The minimum atomic E-state index is -4.65. The normalized spacial score (nSPS) is 21.9. The molecule has 0 aromatic carbocycles. The zero-order chi connectivity index (χ0) is 15.2. The Morgan fingerprint density at radius 2 is 2.25 bits per heavy atom. The average molecular weight is 298 g/mol. The Hall–Kier alpha value is -0.860. The molecule has 0 spiro atoms. The van der Waals surface area contributed by atoms with Gasteiger partial charge in [0.25, 0.3) is 0 Å². The number of rotatable bonds is 7. The molecular weight excluding hydrogens is 277 g/mol. The molecule has 1 heterocycles. The Bertz CT molecular complexity index is 313. The summed E-state index contributed by atoms with van der Waals surface area (Å²) in [4.78, 5) is 13.0. The van der Waals surface area contributed by atoms with Crippen LogP contribution in [0.1, 0.15) is 19.3 Å². The summed E-state index contributed by atoms with van der Waals surface area (Å²) < 4.78 is 42.3. The number of carbonyl (C=O) groups is 1. The van der Waals surface area contributed by atoms with Gasteiger partial charge in [-0.05, 0) is 25.8 Å². The lowest BCUT2D eigenvalue weighted by molar-refractivity contribution is -0.219. The Labute approximate surface area is 116 Å². The molecule has 118 valence electrons. The van der Waals surface area contributed by atoms with Gasteiger partial charge >= 0.3 is 6.18 Å². The van der Waals surface area contributed by atoms with Crippen molar-refractivity contribution in [1.82, 2.24) is 10.2 Å². The highest BCUT2D eigenvalue weighted by molar-refractivity contribution is 5.78. The van der Waals surface area contributed by atoms with Crippen LogP contribution in [0.2, 0.25) is 0 Å². The maximum Gasteiger partial charge on any atom is 0.415 e. The van der Waals surface area contributed by atoms with Crippen LogP contribution in [-0.4, -0.2) is 67.6 Å². The van der Waals surface area contributed by atoms with E-state index in [1.807, 2.05) is 0 Å². The molecule has 0 bridgehead atoms. The van der Waals surface area contributed by atoms with Gasteiger partial charge in [0, 0.05) is 26.3 Å². The first-order chi connectivity index (χ1) is 9.36. The molecule has 1 aliphatic rings. The van der Waals surface area contributed by atoms with E-state index in [1.165, 1.54) is 4.90 Å². The third-order valence-electron chi connectivity index (χ3n) is 3.31. The van der Waals surface area contributed by atoms with Gasteiger partial charge in [0.2, 0.25) is 5.91 Å². The van der Waals surface area contributed by atoms with Crippen molar-refractivity contribution < 1.29 is 27.8 Å². The summed E-state index contributed by atoms with van der Waals surface area (Å²) in [6, 6.07) is -1.03. The first-order valence-corrected chi connectivity index (χ1v) is 6.60. The van der Waals surface area contributed by atoms with Crippen LogP contribution < -0.4 is 5.32 Å². The topological polar surface area (TPSA) is 61.8 Å². The minimum Gasteiger partial charge on any atom is -0.385 e. The smallest absolute Gasteiger partial charge is 0.385 e. The van der Waals surface area contributed by atoms with Crippen LogP contribution in [0.5, 0.6) is 0 Å². The van der Waals surface area contributed by atoms with Crippen LogP contribution in [0.15, 0.2) is 0 Å². The fourth-order valence-corrected chi connectivity index (χ4v) is 2.31. The Balaban J connectivity index is 2.40. The maximum atomic E-state index is 12.5. The summed E-state index contributed by atoms with van der Waals surface area (Å²) in [6.07, 6.45) is -5.60. The quantitative estimate of drug-likeness (QED) is 0.673. The summed E-state index contributed by atoms with van der Waals surface area (Å²) in [5, 5.41) is 11.9. The van der Waals surface area contributed by atoms with Crippen LogP contribution >= 0.6 is 0 Å². The van der Waals surface area contributed by atoms with Gasteiger partial charge in [0.15, 0.2) is 6.10 Å². The van der Waals surface area contributed by atoms with E-state index in [1.54, 1.807) is 7.11 Å². The molecule has 1 rings (SSSR count). The van der Waals surface area contributed by atoms with Crippen LogP contribution in [0.3, 0.4) is 0 Å². The molecule has 0 radical (unpaired) electrons. The predicted molar refractivity (Wildman–Crippen MR) is 66.2 cm³/mol. The van der Waals surface area contributed by atoms with E-state index in [4.69, 9.17) is 4.74 Å². The number of amides is 1. The van der Waals surface area contributed by atoms with Gasteiger partial charge in [-0.3, -0.25) is 9.69 Å². The van der Waals surface area contributed by atoms with Gasteiger partial charge in [-0.2, -0.15) is 13.2 Å². The third kappa shape index (κ3) is 5.26. The number of alkyl halides is 3. The largest absolute Gasteiger partial charge is 0.415 e. The number of nitrogens with zero attached hydrogens (tertiary/aromatic N) is 1. The summed E-state index contributed by atoms with van der Waals surface area (Å²) in [5.41, 5.74) is 0. The number of nitrogens with one attached hydrogen (secondary N) is 1. The van der Waals surface area contributed by atoms with Crippen molar-refractivity contribution in [1.29, 1.82) is 0 Å². The minimum absolute atomic E-state index is 0.120. The van der Waals surface area contributed by atoms with Crippen molar-refractivity contribution in [2.45, 2.75) is 37.6 Å². The first-order valence-electron chi connectivity index (χ1n) is 6.60. The number of hydrogen-bond donors (Lipinski definition) is 2. The molecule has 2 N–H and O–H groups in total. The van der Waals surface area contributed by atoms with E-state index in [0.717, 1.165) is 0 Å². The molecule has 1 saturated heterocycles. The van der Waals surface area contributed by atoms with Crippen molar-refractivity contribution in [2.24, 2.45) is 0 Å². The number of aliphatic hydroxyl groups excluding tert-OH is 1. The van der Waals surface area contributed by atoms with Crippen LogP contribution in [0, 0.1) is 0 Å². The summed E-state index contributed by atoms with van der Waals surface area (Å²) in [7, 11) is 1.55. The second kappa shape index (κ2) is 7.80. The van der Waals surface area contributed by atoms with E-state index < -0.39 is 18.3 Å². The summed E-state index contributed by atoms with van der Waals surface area (Å²) in [5.74, 6) is -0.331. The lowest BCUT2D eigenvalue weighted by Gasteiger charge is -2.29. The fraction of sp³-hybridized carbons (Fsp3) is 0.917. The molecule has 2 unspecified atom stereocenters. The number of likely N-dealkylation sites (tertiary alicyclic amines) is 1. The molecule has 1 aliphatic heterocycles. The number of carbonyl (C=O) groups excluding carboxylic acids is 1. The van der Waals surface area contributed by atoms with Gasteiger partial charge < -0.3 is 15.2 Å². The lowest BCUT2D eigenvalue weighted by Crippen LogP contribution is -2.49. The van der Waals surface area contributed by atoms with Gasteiger partial charge in [0.05, 0.1) is 6.54 Å². The number of halogens is 3. The standard InChI is InChI=1S/C12H21F3N2O3/c1-20-7-3-5-16-10(18)8-17-6-2-4-9(17)11(19)12(13,14)15/h9,11,19H,2-8H2,1H3,(H,16,18). The number of ether oxygens (including phenoxy) is 1. The highest BCUT2D eigenvalue weighted by Gasteiger charge is 2.47. The zero-order valence-electron chi connectivity index (χ0n) is 11.4. The third-order valence-corrected chi connectivity index (χ3v) is 3.31. The van der Waals surface area contributed by atoms with Crippen molar-refractivity contribution in [3.63, 3.8) is 0 Å². The Morgan fingerprint density at radius 1 is 1.55 bits per heavy atom. The molecule has 0 saturated carbocycles. The van der Waals surface area contributed by atoms with E-state index in [9.17, 15) is 23.1 Å². The molecule has 0 aromatic heterocycles. The molecule has 1 fully saturated rings. The van der Waals surface area contributed by atoms with Crippen molar-refractivity contribution in [3.8, 4) is 0 Å². The molecule has 8 heteroatoms. The molecule has 1 amide bonds. The average Bonchev–Trinajstić information content (AvgIpc) is 2.80. The van der Waals surface area contributed by atoms with Crippen molar-refractivity contribution in [3.05, 3.63) is 0 Å². The molecular formula is C12H21F3N2O3. The SMILES string of the molecule is COCCCNC(=O)CN1CCCC1C(O)C(F)(F)F. The van der Waals surface area contributed by atoms with Gasteiger partial charge in [-0.25, -0.2) is 0 Å². The Kier molecular flexibility index (Phi) is 6.70. The van der Waals surface area contributed by atoms with E-state index in [2.05, 4.69) is 5.32 Å². The molecule has 5 nitrogen and oxygen atoms in total. The number of aliphatic hydroxyl groups is 1. The molecule has 0 aromatic rings. The second-order valence-corrected chi connectivity index (χ2v) is 4.86. The predicted octanol–water partition coefficient (Wildman–Crippen LogP) is 0.527. The first kappa shape index (κ1) is 17.2. The number of methoxy groups -OCH3 is 1. The second-order valence-electron chi connectivity index (χ2n) is 4.86. The molecule has 0 aliphatic carbocycles.